The minimum absolute atomic E-state index is 0. The number of phenols is 1. The first-order valence-corrected chi connectivity index (χ1v) is 7.00. The highest BCUT2D eigenvalue weighted by molar-refractivity contribution is 7.59. The third-order valence-corrected chi connectivity index (χ3v) is 4.74. The predicted molar refractivity (Wildman–Crippen MR) is 91.1 cm³/mol. The molecule has 3 heteroatoms. The van der Waals surface area contributed by atoms with Crippen molar-refractivity contribution in [3.63, 3.8) is 0 Å². The van der Waals surface area contributed by atoms with Crippen LogP contribution in [0.1, 0.15) is 62.5 Å². The molecule has 0 radical (unpaired) electrons. The van der Waals surface area contributed by atoms with Gasteiger partial charge in [-0.25, -0.2) is 0 Å². The molecule has 2 saturated carbocycles. The molecule has 0 aliphatic heterocycles. The zero-order valence-electron chi connectivity index (χ0n) is 11.8. The highest BCUT2D eigenvalue weighted by Gasteiger charge is 2.33. The van der Waals surface area contributed by atoms with Gasteiger partial charge in [-0.1, -0.05) is 32.0 Å². The fraction of sp³-hybridized carbons (Fsp3) is 0.625. The number of hydrogen-bond acceptors (Lipinski definition) is 1. The Balaban J connectivity index is 0.000000902. The van der Waals surface area contributed by atoms with E-state index in [-0.39, 0.29) is 27.0 Å². The van der Waals surface area contributed by atoms with Crippen molar-refractivity contribution in [2.75, 3.05) is 0 Å². The van der Waals surface area contributed by atoms with Gasteiger partial charge >= 0.3 is 0 Å². The van der Waals surface area contributed by atoms with Gasteiger partial charge in [-0.15, -0.1) is 0 Å². The molecule has 2 atom stereocenters. The van der Waals surface area contributed by atoms with Crippen molar-refractivity contribution in [2.24, 2.45) is 11.8 Å². The van der Waals surface area contributed by atoms with E-state index in [1.54, 1.807) is 0 Å². The summed E-state index contributed by atoms with van der Waals surface area (Å²) in [5.74, 6) is 3.27. The molecule has 19 heavy (non-hydrogen) atoms. The molecule has 1 aromatic rings. The van der Waals surface area contributed by atoms with Gasteiger partial charge in [0.1, 0.15) is 5.75 Å². The molecule has 0 amide bonds. The fourth-order valence-electron chi connectivity index (χ4n) is 3.02. The normalized spacial score (nSPS) is 20.9. The van der Waals surface area contributed by atoms with E-state index >= 15 is 0 Å². The highest BCUT2D eigenvalue weighted by atomic mass is 32.1. The highest BCUT2D eigenvalue weighted by Crippen LogP contribution is 2.49. The van der Waals surface area contributed by atoms with Crippen LogP contribution in [0.2, 0.25) is 0 Å². The molecule has 3 rings (SSSR count). The molecule has 0 spiro atoms. The smallest absolute Gasteiger partial charge is 0.122 e. The number of rotatable bonds is 4. The summed E-state index contributed by atoms with van der Waals surface area (Å²) in [7, 11) is 0. The molecule has 2 fully saturated rings. The van der Waals surface area contributed by atoms with E-state index in [4.69, 9.17) is 0 Å². The van der Waals surface area contributed by atoms with Crippen LogP contribution in [-0.2, 0) is 0 Å². The van der Waals surface area contributed by atoms with Crippen LogP contribution in [-0.4, -0.2) is 5.11 Å². The Morgan fingerprint density at radius 1 is 0.895 bits per heavy atom. The molecular weight excluding hydrogens is 272 g/mol. The zero-order chi connectivity index (χ0) is 12.0. The fourth-order valence-corrected chi connectivity index (χ4v) is 3.02. The van der Waals surface area contributed by atoms with Crippen LogP contribution in [0.3, 0.4) is 0 Å². The number of para-hydroxylation sites is 1. The molecule has 2 aliphatic rings. The average Bonchev–Trinajstić information content (AvgIpc) is 3.20. The van der Waals surface area contributed by atoms with Crippen LogP contribution in [0.15, 0.2) is 18.2 Å². The Morgan fingerprint density at radius 3 is 1.58 bits per heavy atom. The maximum atomic E-state index is 10.5. The Morgan fingerprint density at radius 2 is 1.26 bits per heavy atom. The first-order valence-electron chi connectivity index (χ1n) is 7.00. The van der Waals surface area contributed by atoms with Gasteiger partial charge in [0.05, 0.1) is 0 Å². The lowest BCUT2D eigenvalue weighted by molar-refractivity contribution is 0.443. The van der Waals surface area contributed by atoms with Crippen LogP contribution < -0.4 is 0 Å². The van der Waals surface area contributed by atoms with E-state index in [0.29, 0.717) is 17.6 Å². The molecule has 0 bridgehead atoms. The molecule has 2 aliphatic carbocycles. The molecule has 0 unspecified atom stereocenters. The maximum absolute atomic E-state index is 10.5. The Hall–Kier alpha value is -0.280. The third kappa shape index (κ3) is 3.43. The van der Waals surface area contributed by atoms with Crippen molar-refractivity contribution >= 4 is 27.0 Å². The zero-order valence-corrected chi connectivity index (χ0v) is 13.8. The Bertz CT molecular complexity index is 389. The van der Waals surface area contributed by atoms with Crippen molar-refractivity contribution in [1.82, 2.24) is 0 Å². The molecular formula is C16H26OS2. The van der Waals surface area contributed by atoms with Gasteiger partial charge in [0.15, 0.2) is 0 Å². The second-order valence-corrected chi connectivity index (χ2v) is 6.04. The molecule has 0 saturated heterocycles. The summed E-state index contributed by atoms with van der Waals surface area (Å²) in [6, 6.07) is 6.35. The molecule has 0 heterocycles. The van der Waals surface area contributed by atoms with Crippen LogP contribution in [0.4, 0.5) is 0 Å². The standard InChI is InChI=1S/C16H22O.2H2S/c1-10(12-6-7-12)14-4-3-5-15(16(14)17)11(2)13-8-9-13;;/h3-5,10-13,17H,6-9H2,1-2H3;2*1H2/t10-,11-;;/m0../s1. The molecule has 0 aromatic heterocycles. The van der Waals surface area contributed by atoms with Crippen LogP contribution in [0.25, 0.3) is 0 Å². The summed E-state index contributed by atoms with van der Waals surface area (Å²) in [6.45, 7) is 4.52. The van der Waals surface area contributed by atoms with Gasteiger partial charge in [-0.3, -0.25) is 0 Å². The maximum Gasteiger partial charge on any atom is 0.122 e. The second-order valence-electron chi connectivity index (χ2n) is 6.04. The van der Waals surface area contributed by atoms with E-state index in [2.05, 4.69) is 32.0 Å². The van der Waals surface area contributed by atoms with Crippen molar-refractivity contribution < 1.29 is 5.11 Å². The quantitative estimate of drug-likeness (QED) is 0.858. The van der Waals surface area contributed by atoms with Crippen LogP contribution in [0.5, 0.6) is 5.75 Å². The number of hydrogen-bond donors (Lipinski definition) is 1. The SMILES string of the molecule is C[C@H](c1cccc([C@@H](C)C2CC2)c1O)C1CC1.S.S. The summed E-state index contributed by atoms with van der Waals surface area (Å²) in [6.07, 6.45) is 5.35. The summed E-state index contributed by atoms with van der Waals surface area (Å²) in [5, 5.41) is 10.5. The van der Waals surface area contributed by atoms with Gasteiger partial charge in [0, 0.05) is 0 Å². The topological polar surface area (TPSA) is 20.2 Å². The van der Waals surface area contributed by atoms with E-state index in [9.17, 15) is 5.11 Å². The lowest BCUT2D eigenvalue weighted by atomic mass is 9.88. The predicted octanol–water partition coefficient (Wildman–Crippen LogP) is 4.64. The molecule has 108 valence electrons. The van der Waals surface area contributed by atoms with Gasteiger partial charge in [0.2, 0.25) is 0 Å². The Labute approximate surface area is 130 Å². The first kappa shape index (κ1) is 16.8. The lowest BCUT2D eigenvalue weighted by Gasteiger charge is -2.18. The van der Waals surface area contributed by atoms with Gasteiger partial charge in [0.25, 0.3) is 0 Å². The lowest BCUT2D eigenvalue weighted by Crippen LogP contribution is -2.02. The molecule has 1 N–H and O–H groups in total. The largest absolute Gasteiger partial charge is 0.507 e. The van der Waals surface area contributed by atoms with Gasteiger partial charge in [-0.2, -0.15) is 27.0 Å². The van der Waals surface area contributed by atoms with E-state index in [0.717, 1.165) is 11.8 Å². The van der Waals surface area contributed by atoms with E-state index in [1.165, 1.54) is 36.8 Å². The number of benzene rings is 1. The first-order chi connectivity index (χ1) is 8.18. The number of phenolic OH excluding ortho intramolecular Hbond substituents is 1. The van der Waals surface area contributed by atoms with Crippen molar-refractivity contribution in [1.29, 1.82) is 0 Å². The average molecular weight is 299 g/mol. The minimum Gasteiger partial charge on any atom is -0.507 e. The number of aromatic hydroxyl groups is 1. The summed E-state index contributed by atoms with van der Waals surface area (Å²) in [4.78, 5) is 0. The van der Waals surface area contributed by atoms with Crippen molar-refractivity contribution in [3.05, 3.63) is 29.3 Å². The molecule has 1 aromatic carbocycles. The minimum atomic E-state index is 0. The van der Waals surface area contributed by atoms with Crippen molar-refractivity contribution in [2.45, 2.75) is 51.4 Å². The van der Waals surface area contributed by atoms with Gasteiger partial charge < -0.3 is 5.11 Å². The van der Waals surface area contributed by atoms with Gasteiger partial charge in [-0.05, 0) is 60.5 Å². The van der Waals surface area contributed by atoms with Crippen LogP contribution >= 0.6 is 27.0 Å². The second kappa shape index (κ2) is 6.45. The Kier molecular flexibility index (Phi) is 5.69. The monoisotopic (exact) mass is 298 g/mol. The summed E-state index contributed by atoms with van der Waals surface area (Å²) < 4.78 is 0. The molecule has 1 nitrogen and oxygen atoms in total. The summed E-state index contributed by atoms with van der Waals surface area (Å²) in [5.41, 5.74) is 2.36. The van der Waals surface area contributed by atoms with Crippen LogP contribution in [0, 0.1) is 11.8 Å². The van der Waals surface area contributed by atoms with Crippen molar-refractivity contribution in [3.8, 4) is 5.75 Å². The van der Waals surface area contributed by atoms with E-state index < -0.39 is 0 Å². The summed E-state index contributed by atoms with van der Waals surface area (Å²) >= 11 is 0. The van der Waals surface area contributed by atoms with E-state index in [1.807, 2.05) is 0 Å². The third-order valence-electron chi connectivity index (χ3n) is 4.74.